The van der Waals surface area contributed by atoms with Gasteiger partial charge in [-0.05, 0) is 25.6 Å². The number of aromatic nitrogens is 2. The summed E-state index contributed by atoms with van der Waals surface area (Å²) in [5.74, 6) is 0. The number of hydrogen-bond donors (Lipinski definition) is 1. The van der Waals surface area contributed by atoms with E-state index in [0.717, 1.165) is 42.3 Å². The van der Waals surface area contributed by atoms with Crippen molar-refractivity contribution < 1.29 is 0 Å². The topological polar surface area (TPSA) is 29.9 Å². The van der Waals surface area contributed by atoms with E-state index in [0.29, 0.717) is 0 Å². The summed E-state index contributed by atoms with van der Waals surface area (Å²) in [5.41, 5.74) is 2.12. The minimum absolute atomic E-state index is 0.769. The SMILES string of the molecule is CCNCCCn1cncc1-c1ccccc1Cl. The van der Waals surface area contributed by atoms with Crippen molar-refractivity contribution in [3.8, 4) is 11.3 Å². The van der Waals surface area contributed by atoms with Gasteiger partial charge >= 0.3 is 0 Å². The third-order valence-electron chi connectivity index (χ3n) is 2.86. The largest absolute Gasteiger partial charge is 0.331 e. The van der Waals surface area contributed by atoms with Crippen molar-refractivity contribution in [2.24, 2.45) is 0 Å². The Morgan fingerprint density at radius 2 is 2.17 bits per heavy atom. The molecule has 0 radical (unpaired) electrons. The first-order valence-corrected chi connectivity index (χ1v) is 6.66. The summed E-state index contributed by atoms with van der Waals surface area (Å²) in [4.78, 5) is 4.22. The van der Waals surface area contributed by atoms with Gasteiger partial charge in [-0.1, -0.05) is 36.7 Å². The molecular weight excluding hydrogens is 246 g/mol. The van der Waals surface area contributed by atoms with Gasteiger partial charge in [0.25, 0.3) is 0 Å². The number of imidazole rings is 1. The number of rotatable bonds is 6. The molecule has 0 spiro atoms. The lowest BCUT2D eigenvalue weighted by molar-refractivity contribution is 0.595. The number of benzene rings is 1. The molecule has 4 heteroatoms. The third-order valence-corrected chi connectivity index (χ3v) is 3.19. The van der Waals surface area contributed by atoms with E-state index < -0.39 is 0 Å². The zero-order valence-electron chi connectivity index (χ0n) is 10.6. The van der Waals surface area contributed by atoms with E-state index in [4.69, 9.17) is 11.6 Å². The molecule has 0 aliphatic carbocycles. The molecule has 1 aromatic carbocycles. The molecule has 0 saturated heterocycles. The zero-order valence-corrected chi connectivity index (χ0v) is 11.3. The van der Waals surface area contributed by atoms with E-state index in [-0.39, 0.29) is 0 Å². The highest BCUT2D eigenvalue weighted by Crippen LogP contribution is 2.27. The van der Waals surface area contributed by atoms with Crippen molar-refractivity contribution in [2.45, 2.75) is 19.9 Å². The van der Waals surface area contributed by atoms with Gasteiger partial charge < -0.3 is 9.88 Å². The standard InChI is InChI=1S/C14H18ClN3/c1-2-16-8-5-9-18-11-17-10-14(18)12-6-3-4-7-13(12)15/h3-4,6-7,10-11,16H,2,5,8-9H2,1H3. The van der Waals surface area contributed by atoms with Gasteiger partial charge in [0.15, 0.2) is 0 Å². The maximum atomic E-state index is 6.22. The Morgan fingerprint density at radius 1 is 1.33 bits per heavy atom. The van der Waals surface area contributed by atoms with Crippen molar-refractivity contribution in [3.05, 3.63) is 41.8 Å². The summed E-state index contributed by atoms with van der Waals surface area (Å²) in [7, 11) is 0. The maximum absolute atomic E-state index is 6.22. The monoisotopic (exact) mass is 263 g/mol. The fourth-order valence-electron chi connectivity index (χ4n) is 1.94. The summed E-state index contributed by atoms with van der Waals surface area (Å²) in [6.45, 7) is 5.11. The van der Waals surface area contributed by atoms with Crippen molar-refractivity contribution in [1.29, 1.82) is 0 Å². The first kappa shape index (κ1) is 13.1. The normalized spacial score (nSPS) is 10.8. The van der Waals surface area contributed by atoms with Crippen molar-refractivity contribution in [3.63, 3.8) is 0 Å². The summed E-state index contributed by atoms with van der Waals surface area (Å²) in [6.07, 6.45) is 4.82. The molecule has 0 aliphatic heterocycles. The van der Waals surface area contributed by atoms with Crippen LogP contribution in [-0.2, 0) is 6.54 Å². The van der Waals surface area contributed by atoms with Crippen LogP contribution in [0, 0.1) is 0 Å². The molecule has 2 aromatic rings. The second-order valence-corrected chi connectivity index (χ2v) is 4.57. The number of nitrogens with zero attached hydrogens (tertiary/aromatic N) is 2. The molecular formula is C14H18ClN3. The summed E-state index contributed by atoms with van der Waals surface area (Å²) >= 11 is 6.22. The van der Waals surface area contributed by atoms with Crippen LogP contribution in [0.1, 0.15) is 13.3 Å². The van der Waals surface area contributed by atoms with Gasteiger partial charge in [0.1, 0.15) is 0 Å². The molecule has 0 amide bonds. The second kappa shape index (κ2) is 6.57. The van der Waals surface area contributed by atoms with Crippen LogP contribution in [-0.4, -0.2) is 22.6 Å². The molecule has 18 heavy (non-hydrogen) atoms. The summed E-state index contributed by atoms with van der Waals surface area (Å²) in [5, 5.41) is 4.09. The minimum atomic E-state index is 0.769. The van der Waals surface area contributed by atoms with Crippen LogP contribution in [0.25, 0.3) is 11.3 Å². The molecule has 96 valence electrons. The van der Waals surface area contributed by atoms with Gasteiger partial charge in [0.05, 0.1) is 18.2 Å². The van der Waals surface area contributed by atoms with Crippen molar-refractivity contribution in [1.82, 2.24) is 14.9 Å². The Balaban J connectivity index is 2.10. The van der Waals surface area contributed by atoms with Crippen LogP contribution in [0.15, 0.2) is 36.8 Å². The van der Waals surface area contributed by atoms with Crippen molar-refractivity contribution in [2.75, 3.05) is 13.1 Å². The van der Waals surface area contributed by atoms with Crippen LogP contribution >= 0.6 is 11.6 Å². The fraction of sp³-hybridized carbons (Fsp3) is 0.357. The third kappa shape index (κ3) is 3.12. The summed E-state index contributed by atoms with van der Waals surface area (Å²) < 4.78 is 2.15. The minimum Gasteiger partial charge on any atom is -0.331 e. The first-order valence-electron chi connectivity index (χ1n) is 6.28. The molecule has 2 rings (SSSR count). The Morgan fingerprint density at radius 3 is 2.94 bits per heavy atom. The van der Waals surface area contributed by atoms with Crippen LogP contribution < -0.4 is 5.32 Å². The van der Waals surface area contributed by atoms with Crippen LogP contribution in [0.4, 0.5) is 0 Å². The van der Waals surface area contributed by atoms with Gasteiger partial charge in [-0.3, -0.25) is 0 Å². The molecule has 1 heterocycles. The van der Waals surface area contributed by atoms with Gasteiger partial charge in [-0.15, -0.1) is 0 Å². The molecule has 1 aromatic heterocycles. The fourth-order valence-corrected chi connectivity index (χ4v) is 2.18. The van der Waals surface area contributed by atoms with E-state index >= 15 is 0 Å². The lowest BCUT2D eigenvalue weighted by atomic mass is 10.1. The highest BCUT2D eigenvalue weighted by molar-refractivity contribution is 6.33. The average molecular weight is 264 g/mol. The van der Waals surface area contributed by atoms with Crippen molar-refractivity contribution >= 4 is 11.6 Å². The van der Waals surface area contributed by atoms with E-state index in [2.05, 4.69) is 21.8 Å². The van der Waals surface area contributed by atoms with E-state index in [1.807, 2.05) is 36.8 Å². The highest BCUT2D eigenvalue weighted by atomic mass is 35.5. The highest BCUT2D eigenvalue weighted by Gasteiger charge is 2.07. The van der Waals surface area contributed by atoms with Gasteiger partial charge in [0.2, 0.25) is 0 Å². The Hall–Kier alpha value is -1.32. The predicted molar refractivity (Wildman–Crippen MR) is 75.8 cm³/mol. The van der Waals surface area contributed by atoms with Gasteiger partial charge in [0, 0.05) is 17.1 Å². The number of hydrogen-bond acceptors (Lipinski definition) is 2. The molecule has 0 fully saturated rings. The molecule has 0 saturated carbocycles. The Kier molecular flexibility index (Phi) is 4.79. The van der Waals surface area contributed by atoms with E-state index in [1.54, 1.807) is 0 Å². The number of nitrogens with one attached hydrogen (secondary N) is 1. The Labute approximate surface area is 113 Å². The maximum Gasteiger partial charge on any atom is 0.0950 e. The van der Waals surface area contributed by atoms with Crippen LogP contribution in [0.2, 0.25) is 5.02 Å². The summed E-state index contributed by atoms with van der Waals surface area (Å²) in [6, 6.07) is 7.88. The molecule has 0 bridgehead atoms. The van der Waals surface area contributed by atoms with Gasteiger partial charge in [-0.25, -0.2) is 4.98 Å². The molecule has 0 aliphatic rings. The molecule has 3 nitrogen and oxygen atoms in total. The van der Waals surface area contributed by atoms with Crippen LogP contribution in [0.5, 0.6) is 0 Å². The second-order valence-electron chi connectivity index (χ2n) is 4.16. The van der Waals surface area contributed by atoms with Crippen LogP contribution in [0.3, 0.4) is 0 Å². The smallest absolute Gasteiger partial charge is 0.0950 e. The van der Waals surface area contributed by atoms with E-state index in [9.17, 15) is 0 Å². The number of aryl methyl sites for hydroxylation is 1. The molecule has 0 atom stereocenters. The number of halogens is 1. The van der Waals surface area contributed by atoms with E-state index in [1.165, 1.54) is 0 Å². The van der Waals surface area contributed by atoms with Gasteiger partial charge in [-0.2, -0.15) is 0 Å². The lowest BCUT2D eigenvalue weighted by Gasteiger charge is -2.09. The average Bonchev–Trinajstić information content (AvgIpc) is 2.83. The molecule has 1 N–H and O–H groups in total. The lowest BCUT2D eigenvalue weighted by Crippen LogP contribution is -2.16. The molecule has 0 unspecified atom stereocenters. The zero-order chi connectivity index (χ0) is 12.8. The Bertz CT molecular complexity index is 493. The first-order chi connectivity index (χ1) is 8.83. The quantitative estimate of drug-likeness (QED) is 0.811. The predicted octanol–water partition coefficient (Wildman–Crippen LogP) is 3.20.